The lowest BCUT2D eigenvalue weighted by Gasteiger charge is -2.19. The fourth-order valence-electron chi connectivity index (χ4n) is 3.01. The van der Waals surface area contributed by atoms with Crippen molar-refractivity contribution in [2.24, 2.45) is 12.9 Å². The fourth-order valence-corrected chi connectivity index (χ4v) is 3.01. The van der Waals surface area contributed by atoms with E-state index in [9.17, 15) is 0 Å². The minimum Gasteiger partial charge on any atom is -0.272 e. The first-order chi connectivity index (χ1) is 9.93. The summed E-state index contributed by atoms with van der Waals surface area (Å²) in [6, 6.07) is 6.70. The van der Waals surface area contributed by atoms with Gasteiger partial charge in [0.05, 0.1) is 5.69 Å². The Morgan fingerprint density at radius 1 is 1.24 bits per heavy atom. The zero-order chi connectivity index (χ0) is 15.6. The number of nitrogens with two attached hydrogens (primary N) is 1. The first-order valence-corrected chi connectivity index (χ1v) is 7.46. The van der Waals surface area contributed by atoms with Crippen molar-refractivity contribution in [2.75, 3.05) is 0 Å². The molecule has 0 radical (unpaired) electrons. The quantitative estimate of drug-likeness (QED) is 0.656. The van der Waals surface area contributed by atoms with Crippen LogP contribution in [0.3, 0.4) is 0 Å². The number of hydrogen-bond donors (Lipinski definition) is 2. The Bertz CT molecular complexity index is 628. The Balaban J connectivity index is 2.16. The SMILES string of the molecule is Cc1ccc(C(CCc2c(C)nn(C)c2C)NN)c(C)c1. The molecule has 1 aromatic heterocycles. The maximum absolute atomic E-state index is 5.79. The van der Waals surface area contributed by atoms with E-state index in [0.717, 1.165) is 18.5 Å². The molecule has 2 rings (SSSR count). The lowest BCUT2D eigenvalue weighted by atomic mass is 9.94. The maximum Gasteiger partial charge on any atom is 0.0628 e. The molecule has 0 aliphatic heterocycles. The van der Waals surface area contributed by atoms with Crippen LogP contribution < -0.4 is 11.3 Å². The Morgan fingerprint density at radius 2 is 1.95 bits per heavy atom. The van der Waals surface area contributed by atoms with Crippen LogP contribution >= 0.6 is 0 Å². The minimum absolute atomic E-state index is 0.171. The molecular weight excluding hydrogens is 260 g/mol. The molecule has 0 aliphatic rings. The summed E-state index contributed by atoms with van der Waals surface area (Å²) in [6.45, 7) is 8.46. The smallest absolute Gasteiger partial charge is 0.0628 e. The van der Waals surface area contributed by atoms with Crippen molar-refractivity contribution in [2.45, 2.75) is 46.6 Å². The molecule has 0 saturated carbocycles. The summed E-state index contributed by atoms with van der Waals surface area (Å²) in [6.07, 6.45) is 1.95. The highest BCUT2D eigenvalue weighted by atomic mass is 15.3. The van der Waals surface area contributed by atoms with Crippen LogP contribution in [-0.2, 0) is 13.5 Å². The van der Waals surface area contributed by atoms with Crippen molar-refractivity contribution in [1.82, 2.24) is 15.2 Å². The molecule has 0 fully saturated rings. The number of hydrogen-bond acceptors (Lipinski definition) is 3. The van der Waals surface area contributed by atoms with Gasteiger partial charge in [0.2, 0.25) is 0 Å². The summed E-state index contributed by atoms with van der Waals surface area (Å²) in [5.74, 6) is 5.79. The lowest BCUT2D eigenvalue weighted by molar-refractivity contribution is 0.513. The summed E-state index contributed by atoms with van der Waals surface area (Å²) >= 11 is 0. The number of aromatic nitrogens is 2. The Morgan fingerprint density at radius 3 is 2.48 bits per heavy atom. The first kappa shape index (κ1) is 15.7. The molecule has 1 atom stereocenters. The standard InChI is InChI=1S/C17H26N4/c1-11-6-7-15(12(2)10-11)17(19-18)9-8-16-13(3)20-21(5)14(16)4/h6-7,10,17,19H,8-9,18H2,1-5H3. The zero-order valence-corrected chi connectivity index (χ0v) is 13.7. The third-order valence-electron chi connectivity index (χ3n) is 4.34. The number of nitrogens with one attached hydrogen (secondary N) is 1. The van der Waals surface area contributed by atoms with Gasteiger partial charge in [0.1, 0.15) is 0 Å². The van der Waals surface area contributed by atoms with Crippen LogP contribution in [0.2, 0.25) is 0 Å². The molecule has 0 aliphatic carbocycles. The van der Waals surface area contributed by atoms with E-state index in [1.807, 2.05) is 11.7 Å². The van der Waals surface area contributed by atoms with Crippen molar-refractivity contribution in [3.05, 3.63) is 51.8 Å². The summed E-state index contributed by atoms with van der Waals surface area (Å²) in [5, 5.41) is 4.48. The van der Waals surface area contributed by atoms with Gasteiger partial charge in [0.15, 0.2) is 0 Å². The van der Waals surface area contributed by atoms with Gasteiger partial charge >= 0.3 is 0 Å². The van der Waals surface area contributed by atoms with Crippen LogP contribution in [-0.4, -0.2) is 9.78 Å². The molecule has 4 nitrogen and oxygen atoms in total. The van der Waals surface area contributed by atoms with Gasteiger partial charge in [0, 0.05) is 18.8 Å². The maximum atomic E-state index is 5.79. The molecule has 0 bridgehead atoms. The van der Waals surface area contributed by atoms with E-state index in [1.54, 1.807) is 0 Å². The number of benzene rings is 1. The number of nitrogens with zero attached hydrogens (tertiary/aromatic N) is 2. The van der Waals surface area contributed by atoms with E-state index < -0.39 is 0 Å². The monoisotopic (exact) mass is 286 g/mol. The third-order valence-corrected chi connectivity index (χ3v) is 4.34. The van der Waals surface area contributed by atoms with Gasteiger partial charge in [-0.2, -0.15) is 5.10 Å². The molecule has 1 heterocycles. The number of aryl methyl sites for hydroxylation is 4. The summed E-state index contributed by atoms with van der Waals surface area (Å²) in [5.41, 5.74) is 10.5. The molecule has 21 heavy (non-hydrogen) atoms. The van der Waals surface area contributed by atoms with E-state index in [2.05, 4.69) is 56.4 Å². The zero-order valence-electron chi connectivity index (χ0n) is 13.7. The normalized spacial score (nSPS) is 12.7. The summed E-state index contributed by atoms with van der Waals surface area (Å²) in [7, 11) is 1.99. The highest BCUT2D eigenvalue weighted by Crippen LogP contribution is 2.24. The van der Waals surface area contributed by atoms with E-state index in [-0.39, 0.29) is 6.04 Å². The second-order valence-corrected chi connectivity index (χ2v) is 5.89. The molecule has 1 unspecified atom stereocenters. The predicted molar refractivity (Wildman–Crippen MR) is 87.0 cm³/mol. The van der Waals surface area contributed by atoms with E-state index in [1.165, 1.54) is 27.9 Å². The molecule has 4 heteroatoms. The summed E-state index contributed by atoms with van der Waals surface area (Å²) < 4.78 is 1.95. The molecule has 114 valence electrons. The molecule has 2 aromatic rings. The summed E-state index contributed by atoms with van der Waals surface area (Å²) in [4.78, 5) is 0. The second kappa shape index (κ2) is 6.41. The van der Waals surface area contributed by atoms with Crippen molar-refractivity contribution in [1.29, 1.82) is 0 Å². The highest BCUT2D eigenvalue weighted by Gasteiger charge is 2.15. The Labute approximate surface area is 127 Å². The fraction of sp³-hybridized carbons (Fsp3) is 0.471. The molecule has 0 spiro atoms. The van der Waals surface area contributed by atoms with Crippen LogP contribution in [0.4, 0.5) is 0 Å². The molecule has 1 aromatic carbocycles. The van der Waals surface area contributed by atoms with Crippen molar-refractivity contribution in [3.8, 4) is 0 Å². The van der Waals surface area contributed by atoms with Crippen molar-refractivity contribution >= 4 is 0 Å². The highest BCUT2D eigenvalue weighted by molar-refractivity contribution is 5.33. The van der Waals surface area contributed by atoms with Crippen LogP contribution in [0.5, 0.6) is 0 Å². The molecule has 0 saturated heterocycles. The number of hydrazine groups is 1. The van der Waals surface area contributed by atoms with Crippen LogP contribution in [0.15, 0.2) is 18.2 Å². The van der Waals surface area contributed by atoms with Gasteiger partial charge in [-0.3, -0.25) is 16.0 Å². The van der Waals surface area contributed by atoms with Gasteiger partial charge in [-0.05, 0) is 57.2 Å². The second-order valence-electron chi connectivity index (χ2n) is 5.89. The Kier molecular flexibility index (Phi) is 4.80. The molecular formula is C17H26N4. The third kappa shape index (κ3) is 3.34. The lowest BCUT2D eigenvalue weighted by Crippen LogP contribution is -2.29. The van der Waals surface area contributed by atoms with Gasteiger partial charge < -0.3 is 0 Å². The van der Waals surface area contributed by atoms with Crippen molar-refractivity contribution < 1.29 is 0 Å². The average molecular weight is 286 g/mol. The van der Waals surface area contributed by atoms with Crippen LogP contribution in [0, 0.1) is 27.7 Å². The van der Waals surface area contributed by atoms with Gasteiger partial charge in [-0.1, -0.05) is 23.8 Å². The molecule has 3 N–H and O–H groups in total. The van der Waals surface area contributed by atoms with Gasteiger partial charge in [-0.15, -0.1) is 0 Å². The largest absolute Gasteiger partial charge is 0.272 e. The van der Waals surface area contributed by atoms with E-state index in [0.29, 0.717) is 0 Å². The topological polar surface area (TPSA) is 55.9 Å². The minimum atomic E-state index is 0.171. The number of rotatable bonds is 5. The average Bonchev–Trinajstić information content (AvgIpc) is 2.67. The van der Waals surface area contributed by atoms with Crippen LogP contribution in [0.25, 0.3) is 0 Å². The van der Waals surface area contributed by atoms with Gasteiger partial charge in [0.25, 0.3) is 0 Å². The first-order valence-electron chi connectivity index (χ1n) is 7.46. The predicted octanol–water partition coefficient (Wildman–Crippen LogP) is 2.79. The van der Waals surface area contributed by atoms with Crippen molar-refractivity contribution in [3.63, 3.8) is 0 Å². The van der Waals surface area contributed by atoms with Crippen LogP contribution in [0.1, 0.15) is 46.1 Å². The molecule has 0 amide bonds. The van der Waals surface area contributed by atoms with E-state index in [4.69, 9.17) is 5.84 Å². The Hall–Kier alpha value is -1.65. The van der Waals surface area contributed by atoms with E-state index >= 15 is 0 Å². The van der Waals surface area contributed by atoms with Gasteiger partial charge in [-0.25, -0.2) is 0 Å².